The Morgan fingerprint density at radius 2 is 2.00 bits per heavy atom. The lowest BCUT2D eigenvalue weighted by molar-refractivity contribution is -0.136. The van der Waals surface area contributed by atoms with Gasteiger partial charge >= 0.3 is 6.18 Å². The zero-order valence-corrected chi connectivity index (χ0v) is 11.7. The van der Waals surface area contributed by atoms with Gasteiger partial charge in [-0.15, -0.1) is 11.3 Å². The Labute approximate surface area is 121 Å². The lowest BCUT2D eigenvalue weighted by atomic mass is 10.1. The monoisotopic (exact) mass is 319 g/mol. The molecule has 1 aliphatic heterocycles. The van der Waals surface area contributed by atoms with Crippen LogP contribution in [0, 0.1) is 0 Å². The van der Waals surface area contributed by atoms with Gasteiger partial charge in [-0.1, -0.05) is 11.6 Å². The second-order valence-corrected chi connectivity index (χ2v) is 6.08. The summed E-state index contributed by atoms with van der Waals surface area (Å²) in [6, 6.07) is 4.31. The lowest BCUT2D eigenvalue weighted by Gasteiger charge is -2.30. The SMILES string of the molecule is O=C(c1sc2ccc(Cl)cc2c1C(F)(F)F)N1CCC1. The van der Waals surface area contributed by atoms with Crippen molar-refractivity contribution in [2.45, 2.75) is 12.6 Å². The number of nitrogens with zero attached hydrogens (tertiary/aromatic N) is 1. The first-order valence-corrected chi connectivity index (χ1v) is 7.16. The minimum Gasteiger partial charge on any atom is -0.338 e. The summed E-state index contributed by atoms with van der Waals surface area (Å²) in [4.78, 5) is 13.3. The molecule has 1 aromatic carbocycles. The van der Waals surface area contributed by atoms with Gasteiger partial charge in [-0.3, -0.25) is 4.79 Å². The van der Waals surface area contributed by atoms with Crippen LogP contribution in [-0.2, 0) is 6.18 Å². The zero-order valence-electron chi connectivity index (χ0n) is 10.1. The number of rotatable bonds is 1. The normalized spacial score (nSPS) is 15.5. The van der Waals surface area contributed by atoms with E-state index >= 15 is 0 Å². The fourth-order valence-electron chi connectivity index (χ4n) is 2.16. The predicted octanol–water partition coefficient (Wildman–Crippen LogP) is 4.42. The summed E-state index contributed by atoms with van der Waals surface area (Å²) in [5.74, 6) is -0.541. The highest BCUT2D eigenvalue weighted by atomic mass is 35.5. The summed E-state index contributed by atoms with van der Waals surface area (Å²) in [5, 5.41) is 0.225. The molecule has 0 bridgehead atoms. The van der Waals surface area contributed by atoms with Crippen molar-refractivity contribution in [3.8, 4) is 0 Å². The molecule has 0 atom stereocenters. The molecule has 1 aromatic heterocycles. The Hall–Kier alpha value is -1.27. The number of carbonyl (C=O) groups is 1. The first-order chi connectivity index (χ1) is 9.38. The zero-order chi connectivity index (χ0) is 14.5. The van der Waals surface area contributed by atoms with Crippen LogP contribution in [0.1, 0.15) is 21.7 Å². The molecule has 0 spiro atoms. The Morgan fingerprint density at radius 1 is 1.30 bits per heavy atom. The van der Waals surface area contributed by atoms with Crippen LogP contribution < -0.4 is 0 Å². The van der Waals surface area contributed by atoms with Crippen LogP contribution in [0.3, 0.4) is 0 Å². The highest BCUT2D eigenvalue weighted by Gasteiger charge is 2.40. The van der Waals surface area contributed by atoms with Crippen molar-refractivity contribution in [1.82, 2.24) is 4.90 Å². The van der Waals surface area contributed by atoms with Crippen LogP contribution in [0.15, 0.2) is 18.2 Å². The van der Waals surface area contributed by atoms with Gasteiger partial charge in [0.1, 0.15) is 4.88 Å². The van der Waals surface area contributed by atoms with E-state index < -0.39 is 17.6 Å². The number of carbonyl (C=O) groups excluding carboxylic acids is 1. The summed E-state index contributed by atoms with van der Waals surface area (Å²) >= 11 is 6.65. The molecule has 2 heterocycles. The van der Waals surface area contributed by atoms with E-state index in [1.54, 1.807) is 0 Å². The van der Waals surface area contributed by atoms with Crippen LogP contribution in [0.25, 0.3) is 10.1 Å². The third-order valence-corrected chi connectivity index (χ3v) is 4.66. The molecule has 0 saturated carbocycles. The van der Waals surface area contributed by atoms with E-state index in [2.05, 4.69) is 0 Å². The van der Waals surface area contributed by atoms with E-state index in [1.807, 2.05) is 0 Å². The van der Waals surface area contributed by atoms with Gasteiger partial charge in [0, 0.05) is 28.2 Å². The average Bonchev–Trinajstić information content (AvgIpc) is 2.64. The fraction of sp³-hybridized carbons (Fsp3) is 0.308. The number of benzene rings is 1. The average molecular weight is 320 g/mol. The van der Waals surface area contributed by atoms with Gasteiger partial charge in [0.05, 0.1) is 5.56 Å². The van der Waals surface area contributed by atoms with Crippen molar-refractivity contribution < 1.29 is 18.0 Å². The number of halogens is 4. The molecule has 0 N–H and O–H groups in total. The van der Waals surface area contributed by atoms with Gasteiger partial charge in [-0.05, 0) is 24.6 Å². The van der Waals surface area contributed by atoms with Crippen molar-refractivity contribution in [3.63, 3.8) is 0 Å². The summed E-state index contributed by atoms with van der Waals surface area (Å²) in [6.45, 7) is 1.04. The maximum atomic E-state index is 13.3. The maximum absolute atomic E-state index is 13.3. The molecule has 106 valence electrons. The molecule has 0 radical (unpaired) electrons. The molecule has 20 heavy (non-hydrogen) atoms. The van der Waals surface area contributed by atoms with Crippen LogP contribution >= 0.6 is 22.9 Å². The summed E-state index contributed by atoms with van der Waals surface area (Å²) in [5.41, 5.74) is -0.864. The first kappa shape index (κ1) is 13.7. The van der Waals surface area contributed by atoms with Crippen molar-refractivity contribution in [2.75, 3.05) is 13.1 Å². The number of fused-ring (bicyclic) bond motifs is 1. The van der Waals surface area contributed by atoms with Gasteiger partial charge in [-0.25, -0.2) is 0 Å². The lowest BCUT2D eigenvalue weighted by Crippen LogP contribution is -2.42. The van der Waals surface area contributed by atoms with Crippen molar-refractivity contribution in [3.05, 3.63) is 33.7 Å². The molecule has 0 aliphatic carbocycles. The van der Waals surface area contributed by atoms with Crippen LogP contribution in [0.5, 0.6) is 0 Å². The number of hydrogen-bond donors (Lipinski definition) is 0. The third kappa shape index (κ3) is 2.16. The number of thiophene rings is 1. The van der Waals surface area contributed by atoms with Crippen LogP contribution in [0.4, 0.5) is 13.2 Å². The van der Waals surface area contributed by atoms with Gasteiger partial charge in [0.2, 0.25) is 0 Å². The second-order valence-electron chi connectivity index (χ2n) is 4.59. The standard InChI is InChI=1S/C13H9ClF3NOS/c14-7-2-3-9-8(6-7)10(13(15,16)17)11(20-9)12(19)18-4-1-5-18/h2-3,6H,1,4-5H2. The number of hydrogen-bond acceptors (Lipinski definition) is 2. The smallest absolute Gasteiger partial charge is 0.338 e. The van der Waals surface area contributed by atoms with Gasteiger partial charge < -0.3 is 4.90 Å². The Kier molecular flexibility index (Phi) is 3.17. The molecule has 1 aliphatic rings. The topological polar surface area (TPSA) is 20.3 Å². The highest BCUT2D eigenvalue weighted by molar-refractivity contribution is 7.21. The van der Waals surface area contributed by atoms with E-state index in [1.165, 1.54) is 23.1 Å². The molecule has 3 rings (SSSR count). The maximum Gasteiger partial charge on any atom is 0.418 e. The molecular weight excluding hydrogens is 311 g/mol. The quantitative estimate of drug-likeness (QED) is 0.762. The molecular formula is C13H9ClF3NOS. The molecule has 1 amide bonds. The molecule has 7 heteroatoms. The number of likely N-dealkylation sites (tertiary alicyclic amines) is 1. The molecule has 1 saturated heterocycles. The summed E-state index contributed by atoms with van der Waals surface area (Å²) < 4.78 is 40.3. The van der Waals surface area contributed by atoms with Crippen molar-refractivity contribution >= 4 is 38.9 Å². The highest BCUT2D eigenvalue weighted by Crippen LogP contribution is 2.43. The van der Waals surface area contributed by atoms with E-state index in [0.29, 0.717) is 17.8 Å². The van der Waals surface area contributed by atoms with Gasteiger partial charge in [-0.2, -0.15) is 13.2 Å². The van der Waals surface area contributed by atoms with Crippen LogP contribution in [0.2, 0.25) is 5.02 Å². The predicted molar refractivity (Wildman–Crippen MR) is 72.4 cm³/mol. The van der Waals surface area contributed by atoms with Crippen molar-refractivity contribution in [1.29, 1.82) is 0 Å². The first-order valence-electron chi connectivity index (χ1n) is 5.96. The second kappa shape index (κ2) is 4.63. The van der Waals surface area contributed by atoms with Gasteiger partial charge in [0.25, 0.3) is 5.91 Å². The minimum atomic E-state index is -4.57. The van der Waals surface area contributed by atoms with E-state index in [-0.39, 0.29) is 15.3 Å². The molecule has 2 nitrogen and oxygen atoms in total. The molecule has 2 aromatic rings. The molecule has 1 fully saturated rings. The third-order valence-electron chi connectivity index (χ3n) is 3.27. The molecule has 0 unspecified atom stereocenters. The minimum absolute atomic E-state index is 0.00104. The Morgan fingerprint density at radius 3 is 2.55 bits per heavy atom. The largest absolute Gasteiger partial charge is 0.418 e. The number of amides is 1. The van der Waals surface area contributed by atoms with E-state index in [9.17, 15) is 18.0 Å². The van der Waals surface area contributed by atoms with Gasteiger partial charge in [0.15, 0.2) is 0 Å². The van der Waals surface area contributed by atoms with Crippen molar-refractivity contribution in [2.24, 2.45) is 0 Å². The van der Waals surface area contributed by atoms with E-state index in [4.69, 9.17) is 11.6 Å². The summed E-state index contributed by atoms with van der Waals surface area (Å²) in [6.07, 6.45) is -3.73. The fourth-order valence-corrected chi connectivity index (χ4v) is 3.51. The summed E-state index contributed by atoms with van der Waals surface area (Å²) in [7, 11) is 0. The Bertz CT molecular complexity index is 691. The Balaban J connectivity index is 2.22. The van der Waals surface area contributed by atoms with E-state index in [0.717, 1.165) is 17.8 Å². The number of alkyl halides is 3. The van der Waals surface area contributed by atoms with Crippen LogP contribution in [-0.4, -0.2) is 23.9 Å².